The van der Waals surface area contributed by atoms with E-state index in [1.807, 2.05) is 24.3 Å². The highest BCUT2D eigenvalue weighted by Gasteiger charge is 2.07. The first-order valence-corrected chi connectivity index (χ1v) is 5.06. The molecule has 0 spiro atoms. The zero-order chi connectivity index (χ0) is 10.8. The van der Waals surface area contributed by atoms with Gasteiger partial charge in [-0.15, -0.1) is 11.6 Å². The van der Waals surface area contributed by atoms with Gasteiger partial charge in [-0.25, -0.2) is 9.53 Å². The average molecular weight is 224 g/mol. The molecular formula is C11H10ClNO2. The summed E-state index contributed by atoms with van der Waals surface area (Å²) in [6.45, 7) is 0. The van der Waals surface area contributed by atoms with Crippen molar-refractivity contribution in [3.05, 3.63) is 46.4 Å². The molecule has 78 valence electrons. The molecule has 1 heterocycles. The Balaban J connectivity index is 2.53. The Morgan fingerprint density at radius 2 is 2.27 bits per heavy atom. The normalized spacial score (nSPS) is 10.5. The minimum atomic E-state index is -0.329. The molecule has 0 saturated carbocycles. The van der Waals surface area contributed by atoms with Gasteiger partial charge < -0.3 is 4.52 Å². The average Bonchev–Trinajstić information content (AvgIpc) is 2.58. The van der Waals surface area contributed by atoms with Crippen molar-refractivity contribution in [2.24, 2.45) is 7.05 Å². The van der Waals surface area contributed by atoms with Crippen LogP contribution in [0, 0.1) is 0 Å². The summed E-state index contributed by atoms with van der Waals surface area (Å²) in [4.78, 5) is 11.4. The molecule has 0 N–H and O–H groups in total. The third-order valence-corrected chi connectivity index (χ3v) is 2.46. The molecule has 15 heavy (non-hydrogen) atoms. The second kappa shape index (κ2) is 3.95. The van der Waals surface area contributed by atoms with Gasteiger partial charge >= 0.3 is 5.63 Å². The summed E-state index contributed by atoms with van der Waals surface area (Å²) in [5.41, 5.74) is 2.05. The maximum absolute atomic E-state index is 11.4. The predicted octanol–water partition coefficient (Wildman–Crippen LogP) is 2.38. The maximum atomic E-state index is 11.4. The lowest BCUT2D eigenvalue weighted by Crippen LogP contribution is -1.96. The maximum Gasteiger partial charge on any atom is 0.365 e. The van der Waals surface area contributed by atoms with Crippen molar-refractivity contribution in [1.82, 2.24) is 4.74 Å². The molecule has 0 aliphatic carbocycles. The van der Waals surface area contributed by atoms with Crippen LogP contribution in [0.3, 0.4) is 0 Å². The highest BCUT2D eigenvalue weighted by molar-refractivity contribution is 6.17. The van der Waals surface area contributed by atoms with Crippen molar-refractivity contribution in [2.75, 3.05) is 0 Å². The van der Waals surface area contributed by atoms with E-state index in [4.69, 9.17) is 16.1 Å². The zero-order valence-corrected chi connectivity index (χ0v) is 8.99. The summed E-state index contributed by atoms with van der Waals surface area (Å²) in [7, 11) is 1.68. The van der Waals surface area contributed by atoms with Crippen molar-refractivity contribution in [3.63, 3.8) is 0 Å². The Kier molecular flexibility index (Phi) is 2.64. The summed E-state index contributed by atoms with van der Waals surface area (Å²) in [6, 6.07) is 7.54. The SMILES string of the molecule is Cn1cc(-c2cccc(CCl)c2)c(=O)o1. The fraction of sp³-hybridized carbons (Fsp3) is 0.182. The van der Waals surface area contributed by atoms with Crippen LogP contribution >= 0.6 is 11.6 Å². The van der Waals surface area contributed by atoms with E-state index in [0.717, 1.165) is 11.1 Å². The van der Waals surface area contributed by atoms with Crippen LogP contribution in [-0.2, 0) is 12.9 Å². The fourth-order valence-corrected chi connectivity index (χ4v) is 1.62. The van der Waals surface area contributed by atoms with Crippen molar-refractivity contribution in [2.45, 2.75) is 5.88 Å². The van der Waals surface area contributed by atoms with Gasteiger partial charge in [0.15, 0.2) is 0 Å². The molecule has 1 aromatic carbocycles. The molecule has 0 radical (unpaired) electrons. The van der Waals surface area contributed by atoms with E-state index in [1.54, 1.807) is 13.2 Å². The number of benzene rings is 1. The molecule has 0 aliphatic rings. The first-order valence-electron chi connectivity index (χ1n) is 4.53. The molecule has 1 aromatic heterocycles. The molecule has 2 aromatic rings. The van der Waals surface area contributed by atoms with Crippen molar-refractivity contribution in [3.8, 4) is 11.1 Å². The number of halogens is 1. The first-order chi connectivity index (χ1) is 7.20. The third kappa shape index (κ3) is 1.97. The fourth-order valence-electron chi connectivity index (χ4n) is 1.46. The Bertz CT molecular complexity index is 527. The van der Waals surface area contributed by atoms with E-state index in [9.17, 15) is 4.79 Å². The van der Waals surface area contributed by atoms with Gasteiger partial charge in [0, 0.05) is 12.9 Å². The smallest absolute Gasteiger partial charge is 0.336 e. The van der Waals surface area contributed by atoms with E-state index >= 15 is 0 Å². The van der Waals surface area contributed by atoms with Gasteiger partial charge in [0.2, 0.25) is 0 Å². The lowest BCUT2D eigenvalue weighted by atomic mass is 10.1. The third-order valence-electron chi connectivity index (χ3n) is 2.15. The molecule has 0 saturated heterocycles. The number of rotatable bonds is 2. The van der Waals surface area contributed by atoms with Crippen LogP contribution in [0.4, 0.5) is 0 Å². The molecule has 0 unspecified atom stereocenters. The molecule has 0 bridgehead atoms. The Morgan fingerprint density at radius 3 is 2.87 bits per heavy atom. The van der Waals surface area contributed by atoms with E-state index in [1.165, 1.54) is 4.74 Å². The highest BCUT2D eigenvalue weighted by atomic mass is 35.5. The van der Waals surface area contributed by atoms with E-state index in [-0.39, 0.29) is 5.63 Å². The van der Waals surface area contributed by atoms with E-state index < -0.39 is 0 Å². The van der Waals surface area contributed by atoms with Gasteiger partial charge in [0.25, 0.3) is 0 Å². The summed E-state index contributed by atoms with van der Waals surface area (Å²) >= 11 is 5.72. The topological polar surface area (TPSA) is 35.1 Å². The number of hydrogen-bond donors (Lipinski definition) is 0. The second-order valence-electron chi connectivity index (χ2n) is 3.30. The molecule has 0 aliphatic heterocycles. The van der Waals surface area contributed by atoms with E-state index in [0.29, 0.717) is 11.4 Å². The molecular weight excluding hydrogens is 214 g/mol. The molecule has 0 amide bonds. The van der Waals surface area contributed by atoms with Crippen LogP contribution in [0.1, 0.15) is 5.56 Å². The van der Waals surface area contributed by atoms with Crippen LogP contribution in [-0.4, -0.2) is 4.74 Å². The van der Waals surface area contributed by atoms with Crippen molar-refractivity contribution in [1.29, 1.82) is 0 Å². The molecule has 3 nitrogen and oxygen atoms in total. The standard InChI is InChI=1S/C11H10ClNO2/c1-13-7-10(11(14)15-13)9-4-2-3-8(5-9)6-12/h2-5,7H,6H2,1H3. The van der Waals surface area contributed by atoms with Gasteiger partial charge in [-0.1, -0.05) is 18.2 Å². The van der Waals surface area contributed by atoms with Gasteiger partial charge in [-0.05, 0) is 17.2 Å². The minimum absolute atomic E-state index is 0.329. The summed E-state index contributed by atoms with van der Waals surface area (Å²) < 4.78 is 6.26. The quantitative estimate of drug-likeness (QED) is 0.733. The van der Waals surface area contributed by atoms with Gasteiger partial charge in [0.05, 0.1) is 11.8 Å². The monoisotopic (exact) mass is 223 g/mol. The number of nitrogens with zero attached hydrogens (tertiary/aromatic N) is 1. The van der Waals surface area contributed by atoms with E-state index in [2.05, 4.69) is 0 Å². The molecule has 0 atom stereocenters. The highest BCUT2D eigenvalue weighted by Crippen LogP contribution is 2.17. The van der Waals surface area contributed by atoms with Crippen LogP contribution in [0.2, 0.25) is 0 Å². The van der Waals surface area contributed by atoms with Crippen LogP contribution in [0.25, 0.3) is 11.1 Å². The summed E-state index contributed by atoms with van der Waals surface area (Å²) in [6.07, 6.45) is 1.66. The molecule has 0 fully saturated rings. The van der Waals surface area contributed by atoms with Crippen LogP contribution in [0.15, 0.2) is 39.8 Å². The predicted molar refractivity (Wildman–Crippen MR) is 58.9 cm³/mol. The Labute approximate surface area is 91.9 Å². The second-order valence-corrected chi connectivity index (χ2v) is 3.57. The molecule has 2 rings (SSSR count). The number of alkyl halides is 1. The van der Waals surface area contributed by atoms with Gasteiger partial charge in [0.1, 0.15) is 0 Å². The van der Waals surface area contributed by atoms with Crippen molar-refractivity contribution < 1.29 is 4.52 Å². The van der Waals surface area contributed by atoms with Crippen LogP contribution < -0.4 is 5.63 Å². The largest absolute Gasteiger partial charge is 0.365 e. The summed E-state index contributed by atoms with van der Waals surface area (Å²) in [5, 5.41) is 0. The zero-order valence-electron chi connectivity index (χ0n) is 8.24. The molecule has 4 heteroatoms. The number of aryl methyl sites for hydroxylation is 1. The Morgan fingerprint density at radius 1 is 1.47 bits per heavy atom. The lowest BCUT2D eigenvalue weighted by Gasteiger charge is -1.98. The van der Waals surface area contributed by atoms with Gasteiger partial charge in [-0.2, -0.15) is 0 Å². The lowest BCUT2D eigenvalue weighted by molar-refractivity contribution is 0.286. The first kappa shape index (κ1) is 10.1. The van der Waals surface area contributed by atoms with Crippen LogP contribution in [0.5, 0.6) is 0 Å². The summed E-state index contributed by atoms with van der Waals surface area (Å²) in [5.74, 6) is 0.437. The number of aromatic nitrogens is 1. The van der Waals surface area contributed by atoms with Crippen molar-refractivity contribution >= 4 is 11.6 Å². The minimum Gasteiger partial charge on any atom is -0.336 e. The Hall–Kier alpha value is -1.48. The number of hydrogen-bond acceptors (Lipinski definition) is 2. The van der Waals surface area contributed by atoms with Gasteiger partial charge in [-0.3, -0.25) is 0 Å².